The molecule has 2 unspecified atom stereocenters. The van der Waals surface area contributed by atoms with Gasteiger partial charge in [-0.1, -0.05) is 0 Å². The molecule has 1 amide bonds. The minimum Gasteiger partial charge on any atom is -0.396 e. The molecular weight excluding hydrogens is 232 g/mol. The maximum absolute atomic E-state index is 11.8. The highest BCUT2D eigenvalue weighted by molar-refractivity contribution is 5.76. The Morgan fingerprint density at radius 1 is 1.61 bits per heavy atom. The molecule has 1 rings (SSSR count). The fourth-order valence-corrected chi connectivity index (χ4v) is 2.36. The van der Waals surface area contributed by atoms with Gasteiger partial charge in [0.05, 0.1) is 12.6 Å². The zero-order chi connectivity index (χ0) is 13.2. The van der Waals surface area contributed by atoms with E-state index < -0.39 is 0 Å². The second kappa shape index (κ2) is 9.30. The summed E-state index contributed by atoms with van der Waals surface area (Å²) in [5, 5.41) is 15.2. The Morgan fingerprint density at radius 3 is 3.06 bits per heavy atom. The van der Waals surface area contributed by atoms with Crippen molar-refractivity contribution in [3.63, 3.8) is 0 Å². The Morgan fingerprint density at radius 2 is 2.44 bits per heavy atom. The lowest BCUT2D eigenvalue weighted by atomic mass is 9.94. The lowest BCUT2D eigenvalue weighted by Crippen LogP contribution is -2.39. The van der Waals surface area contributed by atoms with Crippen molar-refractivity contribution >= 4 is 5.91 Å². The van der Waals surface area contributed by atoms with E-state index in [0.29, 0.717) is 25.4 Å². The van der Waals surface area contributed by atoms with Gasteiger partial charge in [0, 0.05) is 20.1 Å². The molecule has 2 atom stereocenters. The quantitative estimate of drug-likeness (QED) is 0.585. The van der Waals surface area contributed by atoms with Crippen molar-refractivity contribution in [2.45, 2.75) is 38.1 Å². The Bertz CT molecular complexity index is 224. The van der Waals surface area contributed by atoms with Gasteiger partial charge in [-0.15, -0.1) is 0 Å². The number of hydrogen-bond donors (Lipinski definition) is 3. The van der Waals surface area contributed by atoms with Crippen LogP contribution in [0.15, 0.2) is 0 Å². The first-order valence-corrected chi connectivity index (χ1v) is 6.86. The van der Waals surface area contributed by atoms with Crippen molar-refractivity contribution in [3.8, 4) is 0 Å². The molecular formula is C13H26N2O3. The fraction of sp³-hybridized carbons (Fsp3) is 0.923. The second-order valence-electron chi connectivity index (χ2n) is 4.98. The average Bonchev–Trinajstić information content (AvgIpc) is 2.38. The van der Waals surface area contributed by atoms with Crippen LogP contribution in [-0.2, 0) is 9.53 Å². The number of carbonyl (C=O) groups excluding carboxylic acids is 1. The molecule has 0 aromatic rings. The molecule has 1 saturated heterocycles. The number of aliphatic hydroxyl groups excluding tert-OH is 1. The summed E-state index contributed by atoms with van der Waals surface area (Å²) in [5.74, 6) is 0.694. The molecule has 0 aromatic carbocycles. The summed E-state index contributed by atoms with van der Waals surface area (Å²) in [4.78, 5) is 11.8. The molecule has 0 spiro atoms. The molecule has 0 saturated carbocycles. The van der Waals surface area contributed by atoms with Crippen molar-refractivity contribution in [3.05, 3.63) is 0 Å². The number of hydrogen-bond acceptors (Lipinski definition) is 4. The maximum atomic E-state index is 11.8. The van der Waals surface area contributed by atoms with Gasteiger partial charge in [-0.05, 0) is 44.7 Å². The van der Waals surface area contributed by atoms with E-state index in [2.05, 4.69) is 10.6 Å². The van der Waals surface area contributed by atoms with Gasteiger partial charge >= 0.3 is 0 Å². The summed E-state index contributed by atoms with van der Waals surface area (Å²) < 4.78 is 5.02. The standard InChI is InChI=1S/C13H26N2O3/c1-18-10-12(6-8-16)15-13(17)5-4-11-3-2-7-14-9-11/h11-12,14,16H,2-10H2,1H3,(H,15,17). The number of rotatable bonds is 8. The van der Waals surface area contributed by atoms with Crippen LogP contribution in [0.2, 0.25) is 0 Å². The molecule has 0 aliphatic carbocycles. The van der Waals surface area contributed by atoms with Crippen LogP contribution in [0.25, 0.3) is 0 Å². The number of piperidine rings is 1. The van der Waals surface area contributed by atoms with Crippen LogP contribution >= 0.6 is 0 Å². The summed E-state index contributed by atoms with van der Waals surface area (Å²) in [6, 6.07) is -0.0722. The highest BCUT2D eigenvalue weighted by Crippen LogP contribution is 2.15. The van der Waals surface area contributed by atoms with Crippen molar-refractivity contribution in [2.24, 2.45) is 5.92 Å². The van der Waals surface area contributed by atoms with Crippen LogP contribution in [0.3, 0.4) is 0 Å². The maximum Gasteiger partial charge on any atom is 0.220 e. The molecule has 5 nitrogen and oxygen atoms in total. The molecule has 0 aromatic heterocycles. The highest BCUT2D eigenvalue weighted by atomic mass is 16.5. The minimum atomic E-state index is -0.0722. The van der Waals surface area contributed by atoms with Gasteiger partial charge in [0.2, 0.25) is 5.91 Å². The Labute approximate surface area is 109 Å². The van der Waals surface area contributed by atoms with E-state index in [1.54, 1.807) is 7.11 Å². The van der Waals surface area contributed by atoms with Crippen LogP contribution in [0, 0.1) is 5.92 Å². The van der Waals surface area contributed by atoms with Gasteiger partial charge in [0.25, 0.3) is 0 Å². The predicted molar refractivity (Wildman–Crippen MR) is 70.3 cm³/mol. The number of amides is 1. The van der Waals surface area contributed by atoms with E-state index in [1.807, 2.05) is 0 Å². The summed E-state index contributed by atoms with van der Waals surface area (Å²) in [5.41, 5.74) is 0. The van der Waals surface area contributed by atoms with Crippen molar-refractivity contribution in [1.29, 1.82) is 0 Å². The number of carbonyl (C=O) groups is 1. The van der Waals surface area contributed by atoms with E-state index in [-0.39, 0.29) is 18.6 Å². The molecule has 0 radical (unpaired) electrons. The number of ether oxygens (including phenoxy) is 1. The normalized spacial score (nSPS) is 21.6. The first-order chi connectivity index (χ1) is 8.76. The van der Waals surface area contributed by atoms with Crippen LogP contribution in [0.4, 0.5) is 0 Å². The molecule has 18 heavy (non-hydrogen) atoms. The SMILES string of the molecule is COCC(CCO)NC(=O)CCC1CCCNC1. The first kappa shape index (κ1) is 15.4. The van der Waals surface area contributed by atoms with Crippen LogP contribution < -0.4 is 10.6 Å². The third-order valence-corrected chi connectivity index (χ3v) is 3.39. The smallest absolute Gasteiger partial charge is 0.220 e. The topological polar surface area (TPSA) is 70.6 Å². The molecule has 106 valence electrons. The summed E-state index contributed by atoms with van der Waals surface area (Å²) >= 11 is 0. The summed E-state index contributed by atoms with van der Waals surface area (Å²) in [6.07, 6.45) is 4.49. The molecule has 1 heterocycles. The van der Waals surface area contributed by atoms with E-state index >= 15 is 0 Å². The monoisotopic (exact) mass is 258 g/mol. The molecule has 5 heteroatoms. The molecule has 0 bridgehead atoms. The zero-order valence-electron chi connectivity index (χ0n) is 11.3. The zero-order valence-corrected chi connectivity index (χ0v) is 11.3. The van der Waals surface area contributed by atoms with Crippen LogP contribution in [0.1, 0.15) is 32.1 Å². The Hall–Kier alpha value is -0.650. The third-order valence-electron chi connectivity index (χ3n) is 3.39. The Kier molecular flexibility index (Phi) is 7.96. The van der Waals surface area contributed by atoms with E-state index in [0.717, 1.165) is 19.5 Å². The van der Waals surface area contributed by atoms with Crippen molar-refractivity contribution in [1.82, 2.24) is 10.6 Å². The van der Waals surface area contributed by atoms with Crippen LogP contribution in [0.5, 0.6) is 0 Å². The van der Waals surface area contributed by atoms with Gasteiger partial charge in [0.1, 0.15) is 0 Å². The summed E-state index contributed by atoms with van der Waals surface area (Å²) in [7, 11) is 1.60. The molecule has 3 N–H and O–H groups in total. The number of methoxy groups -OCH3 is 1. The average molecular weight is 258 g/mol. The van der Waals surface area contributed by atoms with Gasteiger partial charge < -0.3 is 20.5 Å². The van der Waals surface area contributed by atoms with E-state index in [9.17, 15) is 4.79 Å². The largest absolute Gasteiger partial charge is 0.396 e. The Balaban J connectivity index is 2.17. The van der Waals surface area contributed by atoms with Crippen molar-refractivity contribution < 1.29 is 14.6 Å². The molecule has 1 aliphatic heterocycles. The molecule has 1 aliphatic rings. The predicted octanol–water partition coefficient (Wildman–Crippen LogP) is 0.280. The van der Waals surface area contributed by atoms with Crippen molar-refractivity contribution in [2.75, 3.05) is 33.4 Å². The third kappa shape index (κ3) is 6.33. The fourth-order valence-electron chi connectivity index (χ4n) is 2.36. The van der Waals surface area contributed by atoms with Gasteiger partial charge in [-0.25, -0.2) is 0 Å². The van der Waals surface area contributed by atoms with Gasteiger partial charge in [-0.2, -0.15) is 0 Å². The van der Waals surface area contributed by atoms with E-state index in [1.165, 1.54) is 12.8 Å². The second-order valence-corrected chi connectivity index (χ2v) is 4.98. The first-order valence-electron chi connectivity index (χ1n) is 6.86. The van der Waals surface area contributed by atoms with E-state index in [4.69, 9.17) is 9.84 Å². The number of aliphatic hydroxyl groups is 1. The van der Waals surface area contributed by atoms with Crippen LogP contribution in [-0.4, -0.2) is 50.5 Å². The lowest BCUT2D eigenvalue weighted by molar-refractivity contribution is -0.122. The summed E-state index contributed by atoms with van der Waals surface area (Å²) in [6.45, 7) is 2.67. The lowest BCUT2D eigenvalue weighted by Gasteiger charge is -2.23. The van der Waals surface area contributed by atoms with Gasteiger partial charge in [-0.3, -0.25) is 4.79 Å². The van der Waals surface area contributed by atoms with Gasteiger partial charge in [0.15, 0.2) is 0 Å². The minimum absolute atomic E-state index is 0.0658. The molecule has 1 fully saturated rings. The highest BCUT2D eigenvalue weighted by Gasteiger charge is 2.16. The number of nitrogens with one attached hydrogen (secondary N) is 2.